The van der Waals surface area contributed by atoms with Crippen LogP contribution in [0.2, 0.25) is 0 Å². The number of carboxylic acids is 1. The second kappa shape index (κ2) is 11.1. The van der Waals surface area contributed by atoms with Crippen molar-refractivity contribution in [3.63, 3.8) is 0 Å². The van der Waals surface area contributed by atoms with E-state index in [-0.39, 0.29) is 6.42 Å². The monoisotopic (exact) mass is 268 g/mol. The summed E-state index contributed by atoms with van der Waals surface area (Å²) < 4.78 is 0. The summed E-state index contributed by atoms with van der Waals surface area (Å²) in [5.41, 5.74) is 1.34. The second-order valence-electron chi connectivity index (χ2n) is 6.31. The van der Waals surface area contributed by atoms with Crippen LogP contribution >= 0.6 is 0 Å². The van der Waals surface area contributed by atoms with Gasteiger partial charge in [0.2, 0.25) is 0 Å². The summed E-state index contributed by atoms with van der Waals surface area (Å²) in [7, 11) is 0. The van der Waals surface area contributed by atoms with Gasteiger partial charge in [-0.2, -0.15) is 0 Å². The number of allylic oxidation sites excluding steroid dienone is 2. The van der Waals surface area contributed by atoms with Gasteiger partial charge in [0.1, 0.15) is 0 Å². The molecule has 0 heterocycles. The van der Waals surface area contributed by atoms with Gasteiger partial charge >= 0.3 is 5.97 Å². The van der Waals surface area contributed by atoms with Gasteiger partial charge < -0.3 is 5.11 Å². The normalized spacial score (nSPS) is 13.8. The lowest BCUT2D eigenvalue weighted by molar-refractivity contribution is -0.136. The van der Waals surface area contributed by atoms with Gasteiger partial charge in [0.25, 0.3) is 0 Å². The van der Waals surface area contributed by atoms with Gasteiger partial charge in [-0.1, -0.05) is 58.1 Å². The summed E-state index contributed by atoms with van der Waals surface area (Å²) in [5, 5.41) is 8.57. The molecule has 0 aliphatic carbocycles. The third kappa shape index (κ3) is 13.4. The molecule has 0 aromatic heterocycles. The van der Waals surface area contributed by atoms with E-state index in [0.717, 1.165) is 18.3 Å². The highest BCUT2D eigenvalue weighted by atomic mass is 16.4. The van der Waals surface area contributed by atoms with Crippen LogP contribution in [0.3, 0.4) is 0 Å². The maximum atomic E-state index is 10.4. The molecule has 0 rings (SSSR count). The summed E-state index contributed by atoms with van der Waals surface area (Å²) in [4.78, 5) is 10.4. The number of aliphatic carboxylic acids is 1. The Hall–Kier alpha value is -0.790. The molecule has 0 saturated heterocycles. The van der Waals surface area contributed by atoms with Crippen LogP contribution in [0.4, 0.5) is 0 Å². The SMILES string of the molecule is CC(=CCCC(=O)O)CCCC(C)CCCC(C)C. The molecule has 2 heteroatoms. The third-order valence-electron chi connectivity index (χ3n) is 3.60. The van der Waals surface area contributed by atoms with Crippen LogP contribution in [-0.4, -0.2) is 11.1 Å². The Morgan fingerprint density at radius 1 is 1.05 bits per heavy atom. The smallest absolute Gasteiger partial charge is 0.303 e. The minimum Gasteiger partial charge on any atom is -0.481 e. The molecule has 19 heavy (non-hydrogen) atoms. The van der Waals surface area contributed by atoms with Crippen molar-refractivity contribution in [3.05, 3.63) is 11.6 Å². The average Bonchev–Trinajstić information content (AvgIpc) is 2.27. The Bertz CT molecular complexity index is 266. The molecule has 112 valence electrons. The van der Waals surface area contributed by atoms with E-state index in [1.165, 1.54) is 37.7 Å². The molecule has 0 aliphatic heterocycles. The van der Waals surface area contributed by atoms with Crippen LogP contribution in [0.1, 0.15) is 79.1 Å². The van der Waals surface area contributed by atoms with Gasteiger partial charge in [-0.05, 0) is 38.0 Å². The first kappa shape index (κ1) is 18.2. The predicted molar refractivity (Wildman–Crippen MR) is 82.3 cm³/mol. The van der Waals surface area contributed by atoms with Crippen molar-refractivity contribution >= 4 is 5.97 Å². The largest absolute Gasteiger partial charge is 0.481 e. The Morgan fingerprint density at radius 2 is 1.68 bits per heavy atom. The van der Waals surface area contributed by atoms with E-state index in [9.17, 15) is 4.79 Å². The molecule has 0 saturated carbocycles. The van der Waals surface area contributed by atoms with E-state index in [1.807, 2.05) is 0 Å². The molecule has 0 bridgehead atoms. The molecule has 0 aliphatic rings. The quantitative estimate of drug-likeness (QED) is 0.507. The Morgan fingerprint density at radius 3 is 2.26 bits per heavy atom. The molecule has 0 radical (unpaired) electrons. The van der Waals surface area contributed by atoms with E-state index in [4.69, 9.17) is 5.11 Å². The van der Waals surface area contributed by atoms with Crippen molar-refractivity contribution in [2.75, 3.05) is 0 Å². The van der Waals surface area contributed by atoms with Crippen LogP contribution < -0.4 is 0 Å². The maximum Gasteiger partial charge on any atom is 0.303 e. The average molecular weight is 268 g/mol. The van der Waals surface area contributed by atoms with Crippen LogP contribution in [0, 0.1) is 11.8 Å². The zero-order valence-corrected chi connectivity index (χ0v) is 13.2. The minimum absolute atomic E-state index is 0.253. The fourth-order valence-corrected chi connectivity index (χ4v) is 2.29. The Kier molecular flexibility index (Phi) is 10.6. The molecule has 0 spiro atoms. The lowest BCUT2D eigenvalue weighted by Crippen LogP contribution is -1.97. The predicted octanol–water partition coefficient (Wildman–Crippen LogP) is 5.43. The van der Waals surface area contributed by atoms with Gasteiger partial charge in [-0.25, -0.2) is 0 Å². The van der Waals surface area contributed by atoms with Crippen molar-refractivity contribution in [2.24, 2.45) is 11.8 Å². The van der Waals surface area contributed by atoms with E-state index in [2.05, 4.69) is 33.8 Å². The lowest BCUT2D eigenvalue weighted by atomic mass is 9.94. The number of rotatable bonds is 11. The molecule has 0 aromatic rings. The first-order chi connectivity index (χ1) is 8.91. The standard InChI is InChI=1S/C17H32O2/c1-14(2)8-5-9-15(3)10-6-11-16(4)12-7-13-17(18)19/h12,14-15H,5-11,13H2,1-4H3,(H,18,19). The summed E-state index contributed by atoms with van der Waals surface area (Å²) in [6.45, 7) is 9.04. The molecule has 0 aromatic carbocycles. The van der Waals surface area contributed by atoms with Crippen LogP contribution in [-0.2, 0) is 4.79 Å². The van der Waals surface area contributed by atoms with Crippen LogP contribution in [0.15, 0.2) is 11.6 Å². The van der Waals surface area contributed by atoms with Gasteiger partial charge in [-0.15, -0.1) is 0 Å². The van der Waals surface area contributed by atoms with E-state index >= 15 is 0 Å². The summed E-state index contributed by atoms with van der Waals surface area (Å²) >= 11 is 0. The Balaban J connectivity index is 3.57. The van der Waals surface area contributed by atoms with Crippen LogP contribution in [0.25, 0.3) is 0 Å². The van der Waals surface area contributed by atoms with E-state index < -0.39 is 5.97 Å². The highest BCUT2D eigenvalue weighted by molar-refractivity contribution is 5.66. The molecule has 2 nitrogen and oxygen atoms in total. The molecule has 1 N–H and O–H groups in total. The van der Waals surface area contributed by atoms with Gasteiger partial charge in [0, 0.05) is 6.42 Å². The molecular formula is C17H32O2. The molecule has 0 fully saturated rings. The molecule has 0 amide bonds. The molecule has 1 atom stereocenters. The third-order valence-corrected chi connectivity index (χ3v) is 3.60. The number of carboxylic acid groups (broad SMARTS) is 1. The Labute approximate surface area is 119 Å². The van der Waals surface area contributed by atoms with Crippen molar-refractivity contribution in [3.8, 4) is 0 Å². The zero-order chi connectivity index (χ0) is 14.7. The zero-order valence-electron chi connectivity index (χ0n) is 13.2. The van der Waals surface area contributed by atoms with Gasteiger partial charge in [-0.3, -0.25) is 4.79 Å². The highest BCUT2D eigenvalue weighted by Gasteiger charge is 2.03. The van der Waals surface area contributed by atoms with Gasteiger partial charge in [0.05, 0.1) is 0 Å². The van der Waals surface area contributed by atoms with Crippen LogP contribution in [0.5, 0.6) is 0 Å². The fourth-order valence-electron chi connectivity index (χ4n) is 2.29. The summed E-state index contributed by atoms with van der Waals surface area (Å²) in [6, 6.07) is 0. The maximum absolute atomic E-state index is 10.4. The number of hydrogen-bond donors (Lipinski definition) is 1. The highest BCUT2D eigenvalue weighted by Crippen LogP contribution is 2.19. The lowest BCUT2D eigenvalue weighted by Gasteiger charge is -2.12. The first-order valence-corrected chi connectivity index (χ1v) is 7.79. The second-order valence-corrected chi connectivity index (χ2v) is 6.31. The van der Waals surface area contributed by atoms with E-state index in [1.54, 1.807) is 0 Å². The van der Waals surface area contributed by atoms with E-state index in [0.29, 0.717) is 6.42 Å². The minimum atomic E-state index is -0.706. The fraction of sp³-hybridized carbons (Fsp3) is 0.824. The first-order valence-electron chi connectivity index (χ1n) is 7.79. The molecular weight excluding hydrogens is 236 g/mol. The number of carbonyl (C=O) groups is 1. The number of hydrogen-bond acceptors (Lipinski definition) is 1. The van der Waals surface area contributed by atoms with Crippen molar-refractivity contribution in [1.82, 2.24) is 0 Å². The summed E-state index contributed by atoms with van der Waals surface area (Å²) in [6.07, 6.45) is 10.7. The van der Waals surface area contributed by atoms with Crippen molar-refractivity contribution in [2.45, 2.75) is 79.1 Å². The van der Waals surface area contributed by atoms with Crippen molar-refractivity contribution in [1.29, 1.82) is 0 Å². The van der Waals surface area contributed by atoms with Crippen molar-refractivity contribution < 1.29 is 9.90 Å². The summed E-state index contributed by atoms with van der Waals surface area (Å²) in [5.74, 6) is 0.944. The molecule has 1 unspecified atom stereocenters. The topological polar surface area (TPSA) is 37.3 Å². The van der Waals surface area contributed by atoms with Gasteiger partial charge in [0.15, 0.2) is 0 Å².